The molecule has 0 atom stereocenters. The summed E-state index contributed by atoms with van der Waals surface area (Å²) >= 11 is 0. The van der Waals surface area contributed by atoms with Crippen molar-refractivity contribution in [2.24, 2.45) is 5.73 Å². The lowest BCUT2D eigenvalue weighted by Gasteiger charge is -2.11. The maximum atomic E-state index is 12.5. The number of Topliss-reactive ketones (excluding diaryl/α,β-unsaturated/α-hetero) is 1. The van der Waals surface area contributed by atoms with Crippen LogP contribution in [0.1, 0.15) is 21.5 Å². The van der Waals surface area contributed by atoms with Crippen LogP contribution in [0.2, 0.25) is 0 Å². The molecule has 2 N–H and O–H groups in total. The summed E-state index contributed by atoms with van der Waals surface area (Å²) < 4.78 is 10.4. The molecule has 21 heavy (non-hydrogen) atoms. The van der Waals surface area contributed by atoms with E-state index in [1.54, 1.807) is 32.4 Å². The Balaban J connectivity index is 2.28. The highest BCUT2D eigenvalue weighted by Gasteiger charge is 2.15. The van der Waals surface area contributed by atoms with Gasteiger partial charge in [-0.2, -0.15) is 0 Å². The molecule has 4 heteroatoms. The number of rotatable bonds is 6. The number of nitrogens with two attached hydrogens (primary N) is 1. The maximum Gasteiger partial charge on any atom is 0.170 e. The molecule has 0 amide bonds. The standard InChI is InChI=1S/C17H19NO3/c1-20-14-7-8-15(17(10-14)21-2)16(19)9-12-5-3-4-6-13(12)11-18/h3-8,10H,9,11,18H2,1-2H3. The van der Waals surface area contributed by atoms with Gasteiger partial charge < -0.3 is 15.2 Å². The van der Waals surface area contributed by atoms with Gasteiger partial charge in [-0.3, -0.25) is 4.79 Å². The van der Waals surface area contributed by atoms with E-state index < -0.39 is 0 Å². The molecule has 0 bridgehead atoms. The van der Waals surface area contributed by atoms with Crippen LogP contribution in [0.4, 0.5) is 0 Å². The van der Waals surface area contributed by atoms with Crippen LogP contribution in [-0.4, -0.2) is 20.0 Å². The molecule has 0 aliphatic heterocycles. The average Bonchev–Trinajstić information content (AvgIpc) is 2.54. The van der Waals surface area contributed by atoms with E-state index in [1.807, 2.05) is 24.3 Å². The third-order valence-electron chi connectivity index (χ3n) is 3.40. The molecule has 2 aromatic rings. The van der Waals surface area contributed by atoms with E-state index in [-0.39, 0.29) is 5.78 Å². The van der Waals surface area contributed by atoms with Crippen molar-refractivity contribution < 1.29 is 14.3 Å². The largest absolute Gasteiger partial charge is 0.497 e. The van der Waals surface area contributed by atoms with Gasteiger partial charge >= 0.3 is 0 Å². The van der Waals surface area contributed by atoms with Crippen LogP contribution in [0, 0.1) is 0 Å². The lowest BCUT2D eigenvalue weighted by molar-refractivity contribution is 0.0989. The molecule has 0 saturated carbocycles. The van der Waals surface area contributed by atoms with Crippen molar-refractivity contribution in [3.05, 3.63) is 59.2 Å². The summed E-state index contributed by atoms with van der Waals surface area (Å²) in [4.78, 5) is 12.5. The van der Waals surface area contributed by atoms with E-state index in [0.717, 1.165) is 11.1 Å². The minimum Gasteiger partial charge on any atom is -0.497 e. The fraction of sp³-hybridized carbons (Fsp3) is 0.235. The van der Waals surface area contributed by atoms with Crippen LogP contribution in [0.15, 0.2) is 42.5 Å². The average molecular weight is 285 g/mol. The van der Waals surface area contributed by atoms with E-state index >= 15 is 0 Å². The molecule has 0 aliphatic carbocycles. The van der Waals surface area contributed by atoms with E-state index in [0.29, 0.717) is 30.0 Å². The predicted molar refractivity (Wildman–Crippen MR) is 81.9 cm³/mol. The highest BCUT2D eigenvalue weighted by atomic mass is 16.5. The summed E-state index contributed by atoms with van der Waals surface area (Å²) in [5.41, 5.74) is 8.18. The van der Waals surface area contributed by atoms with Gasteiger partial charge in [0.25, 0.3) is 0 Å². The van der Waals surface area contributed by atoms with E-state index in [4.69, 9.17) is 15.2 Å². The van der Waals surface area contributed by atoms with Gasteiger partial charge in [-0.1, -0.05) is 24.3 Å². The second-order valence-corrected chi connectivity index (χ2v) is 4.64. The van der Waals surface area contributed by atoms with Gasteiger partial charge in [0.2, 0.25) is 0 Å². The van der Waals surface area contributed by atoms with Gasteiger partial charge in [0.1, 0.15) is 11.5 Å². The summed E-state index contributed by atoms with van der Waals surface area (Å²) in [5, 5.41) is 0. The van der Waals surface area contributed by atoms with Crippen LogP contribution < -0.4 is 15.2 Å². The second kappa shape index (κ2) is 6.90. The molecule has 0 unspecified atom stereocenters. The van der Waals surface area contributed by atoms with Crippen LogP contribution >= 0.6 is 0 Å². The van der Waals surface area contributed by atoms with Crippen molar-refractivity contribution in [2.45, 2.75) is 13.0 Å². The SMILES string of the molecule is COc1ccc(C(=O)Cc2ccccc2CN)c(OC)c1. The number of hydrogen-bond donors (Lipinski definition) is 1. The van der Waals surface area contributed by atoms with Gasteiger partial charge in [-0.25, -0.2) is 0 Å². The van der Waals surface area contributed by atoms with Crippen LogP contribution in [0.25, 0.3) is 0 Å². The van der Waals surface area contributed by atoms with Crippen molar-refractivity contribution in [2.75, 3.05) is 14.2 Å². The lowest BCUT2D eigenvalue weighted by atomic mass is 9.98. The molecule has 0 spiro atoms. The molecule has 0 aromatic heterocycles. The summed E-state index contributed by atoms with van der Waals surface area (Å²) in [5.74, 6) is 1.17. The van der Waals surface area contributed by atoms with Gasteiger partial charge in [-0.05, 0) is 23.3 Å². The van der Waals surface area contributed by atoms with Crippen molar-refractivity contribution in [1.82, 2.24) is 0 Å². The zero-order valence-electron chi connectivity index (χ0n) is 12.3. The summed E-state index contributed by atoms with van der Waals surface area (Å²) in [6, 6.07) is 12.9. The van der Waals surface area contributed by atoms with Crippen LogP contribution in [0.3, 0.4) is 0 Å². The van der Waals surface area contributed by atoms with Gasteiger partial charge in [0.05, 0.1) is 19.8 Å². The minimum atomic E-state index is -0.00426. The molecule has 2 rings (SSSR count). The van der Waals surface area contributed by atoms with E-state index in [9.17, 15) is 4.79 Å². The number of ether oxygens (including phenoxy) is 2. The lowest BCUT2D eigenvalue weighted by Crippen LogP contribution is -2.09. The number of carbonyl (C=O) groups is 1. The Bertz CT molecular complexity index is 638. The maximum absolute atomic E-state index is 12.5. The first kappa shape index (κ1) is 15.1. The number of benzene rings is 2. The first-order valence-corrected chi connectivity index (χ1v) is 6.71. The Hall–Kier alpha value is -2.33. The Morgan fingerprint density at radius 2 is 1.76 bits per heavy atom. The van der Waals surface area contributed by atoms with E-state index in [1.165, 1.54) is 0 Å². The zero-order valence-corrected chi connectivity index (χ0v) is 12.3. The van der Waals surface area contributed by atoms with Gasteiger partial charge in [0.15, 0.2) is 5.78 Å². The third kappa shape index (κ3) is 3.41. The fourth-order valence-electron chi connectivity index (χ4n) is 2.23. The summed E-state index contributed by atoms with van der Waals surface area (Å²) in [7, 11) is 3.12. The minimum absolute atomic E-state index is 0.00426. The van der Waals surface area contributed by atoms with Crippen molar-refractivity contribution in [3.8, 4) is 11.5 Å². The van der Waals surface area contributed by atoms with Crippen molar-refractivity contribution in [1.29, 1.82) is 0 Å². The molecule has 110 valence electrons. The Morgan fingerprint density at radius 3 is 2.38 bits per heavy atom. The highest BCUT2D eigenvalue weighted by Crippen LogP contribution is 2.26. The molecule has 4 nitrogen and oxygen atoms in total. The van der Waals surface area contributed by atoms with Gasteiger partial charge in [0, 0.05) is 19.0 Å². The Morgan fingerprint density at radius 1 is 1.05 bits per heavy atom. The molecule has 0 fully saturated rings. The Kier molecular flexibility index (Phi) is 4.95. The van der Waals surface area contributed by atoms with E-state index in [2.05, 4.69) is 0 Å². The smallest absolute Gasteiger partial charge is 0.170 e. The highest BCUT2D eigenvalue weighted by molar-refractivity contribution is 6.00. The molecule has 0 aliphatic rings. The third-order valence-corrected chi connectivity index (χ3v) is 3.40. The molecule has 0 radical (unpaired) electrons. The fourth-order valence-corrected chi connectivity index (χ4v) is 2.23. The Labute approximate surface area is 124 Å². The molecule has 2 aromatic carbocycles. The molecular weight excluding hydrogens is 266 g/mol. The number of carbonyl (C=O) groups excluding carboxylic acids is 1. The zero-order chi connectivity index (χ0) is 15.2. The van der Waals surface area contributed by atoms with Gasteiger partial charge in [-0.15, -0.1) is 0 Å². The number of methoxy groups -OCH3 is 2. The first-order valence-electron chi connectivity index (χ1n) is 6.71. The molecule has 0 saturated heterocycles. The van der Waals surface area contributed by atoms with Crippen LogP contribution in [-0.2, 0) is 13.0 Å². The molecular formula is C17H19NO3. The summed E-state index contributed by atoms with van der Waals surface area (Å²) in [6.07, 6.45) is 0.302. The summed E-state index contributed by atoms with van der Waals surface area (Å²) in [6.45, 7) is 0.420. The number of hydrogen-bond acceptors (Lipinski definition) is 4. The monoisotopic (exact) mass is 285 g/mol. The van der Waals surface area contributed by atoms with Crippen LogP contribution in [0.5, 0.6) is 11.5 Å². The topological polar surface area (TPSA) is 61.5 Å². The van der Waals surface area contributed by atoms with Crippen molar-refractivity contribution >= 4 is 5.78 Å². The second-order valence-electron chi connectivity index (χ2n) is 4.64. The van der Waals surface area contributed by atoms with Crippen molar-refractivity contribution in [3.63, 3.8) is 0 Å². The normalized spacial score (nSPS) is 10.2. The first-order chi connectivity index (χ1) is 10.2. The number of ketones is 1. The predicted octanol–water partition coefficient (Wildman–Crippen LogP) is 2.59. The molecule has 0 heterocycles. The quantitative estimate of drug-likeness (QED) is 0.829.